The van der Waals surface area contributed by atoms with Gasteiger partial charge in [0.15, 0.2) is 0 Å². The predicted molar refractivity (Wildman–Crippen MR) is 167 cm³/mol. The van der Waals surface area contributed by atoms with E-state index in [1.807, 2.05) is 81.6 Å². The number of carbonyl (C=O) groups is 1. The average Bonchev–Trinajstić information content (AvgIpc) is 3.19. The van der Waals surface area contributed by atoms with Gasteiger partial charge < -0.3 is 9.47 Å². The molecule has 0 saturated heterocycles. The van der Waals surface area contributed by atoms with Gasteiger partial charge >= 0.3 is 18.0 Å². The van der Waals surface area contributed by atoms with Crippen molar-refractivity contribution >= 4 is 95.3 Å². The van der Waals surface area contributed by atoms with Gasteiger partial charge in [0.1, 0.15) is 10.6 Å². The molecular weight excluding hydrogens is 866 g/mol. The number of hydrogen-bond acceptors (Lipinski definition) is 6. The third-order valence-corrected chi connectivity index (χ3v) is 8.24. The van der Waals surface area contributed by atoms with E-state index in [0.29, 0.717) is 38.6 Å². The summed E-state index contributed by atoms with van der Waals surface area (Å²) in [7, 11) is 1.56. The van der Waals surface area contributed by atoms with Crippen LogP contribution in [0.15, 0.2) is 33.9 Å². The van der Waals surface area contributed by atoms with Crippen LogP contribution in [0.2, 0.25) is 0 Å². The van der Waals surface area contributed by atoms with Gasteiger partial charge in [-0.05, 0) is 116 Å². The van der Waals surface area contributed by atoms with Crippen molar-refractivity contribution in [2.24, 2.45) is 13.0 Å². The van der Waals surface area contributed by atoms with Gasteiger partial charge in [0, 0.05) is 18.5 Å². The van der Waals surface area contributed by atoms with Crippen molar-refractivity contribution in [1.82, 2.24) is 9.13 Å². The van der Waals surface area contributed by atoms with E-state index in [0.717, 1.165) is 11.0 Å². The van der Waals surface area contributed by atoms with Gasteiger partial charge in [0.25, 0.3) is 5.56 Å². The SMILES string of the molecule is CC(C)CCc1c(-c2cccc(OC(F)(F)F)c2)sc2c1c(=O)n(CCCOC(=O)C(I)(I)I)c(=O)n2C. The number of rotatable bonds is 10. The molecule has 0 atom stereocenters. The minimum absolute atomic E-state index is 0.0459. The molecule has 0 N–H and O–H groups in total. The molecule has 0 aliphatic rings. The minimum Gasteiger partial charge on any atom is -0.463 e. The molecule has 0 aliphatic carbocycles. The van der Waals surface area contributed by atoms with E-state index in [1.54, 1.807) is 13.1 Å². The first-order valence-electron chi connectivity index (χ1n) is 11.5. The Morgan fingerprint density at radius 1 is 1.16 bits per heavy atom. The molecule has 7 nitrogen and oxygen atoms in total. The zero-order valence-corrected chi connectivity index (χ0v) is 27.8. The van der Waals surface area contributed by atoms with Crippen LogP contribution in [0.25, 0.3) is 20.7 Å². The Labute approximate surface area is 261 Å². The highest BCUT2D eigenvalue weighted by Gasteiger charge is 2.32. The van der Waals surface area contributed by atoms with E-state index in [-0.39, 0.29) is 25.3 Å². The summed E-state index contributed by atoms with van der Waals surface area (Å²) in [6, 6.07) is 5.62. The van der Waals surface area contributed by atoms with Crippen molar-refractivity contribution in [2.45, 2.75) is 45.5 Å². The van der Waals surface area contributed by atoms with Gasteiger partial charge in [0.05, 0.1) is 12.0 Å². The van der Waals surface area contributed by atoms with E-state index in [4.69, 9.17) is 4.74 Å². The normalized spacial score (nSPS) is 12.4. The summed E-state index contributed by atoms with van der Waals surface area (Å²) in [5.41, 5.74) is 0.173. The summed E-state index contributed by atoms with van der Waals surface area (Å²) in [5, 5.41) is 0.373. The first-order valence-corrected chi connectivity index (χ1v) is 15.5. The molecule has 2 aromatic heterocycles. The van der Waals surface area contributed by atoms with Crippen LogP contribution in [-0.2, 0) is 29.5 Å². The summed E-state index contributed by atoms with van der Waals surface area (Å²) in [6.45, 7) is 4.17. The fraction of sp³-hybridized carbons (Fsp3) is 0.458. The lowest BCUT2D eigenvalue weighted by Gasteiger charge is -2.13. The Morgan fingerprint density at radius 3 is 2.45 bits per heavy atom. The molecule has 3 rings (SSSR count). The number of hydrogen-bond donors (Lipinski definition) is 0. The van der Waals surface area contributed by atoms with Crippen molar-refractivity contribution in [3.8, 4) is 16.2 Å². The van der Waals surface area contributed by atoms with Crippen LogP contribution < -0.4 is 16.0 Å². The Bertz CT molecular complexity index is 1440. The summed E-state index contributed by atoms with van der Waals surface area (Å²) < 4.78 is 49.6. The third kappa shape index (κ3) is 7.86. The van der Waals surface area contributed by atoms with Crippen LogP contribution in [0.4, 0.5) is 13.2 Å². The highest BCUT2D eigenvalue weighted by molar-refractivity contribution is 14.3. The second kappa shape index (κ2) is 12.7. The molecule has 14 heteroatoms. The number of alkyl halides is 6. The summed E-state index contributed by atoms with van der Waals surface area (Å²) in [4.78, 5) is 39.8. The Balaban J connectivity index is 2.08. The highest BCUT2D eigenvalue weighted by atomic mass is 127. The molecule has 208 valence electrons. The number of aryl methyl sites for hydroxylation is 2. The van der Waals surface area contributed by atoms with Gasteiger partial charge in [-0.3, -0.25) is 13.9 Å². The maximum absolute atomic E-state index is 13.6. The molecular formula is C24H24F3I3N2O5S. The lowest BCUT2D eigenvalue weighted by atomic mass is 9.98. The Morgan fingerprint density at radius 2 is 1.84 bits per heavy atom. The number of esters is 1. The lowest BCUT2D eigenvalue weighted by molar-refractivity contribution is -0.274. The molecule has 38 heavy (non-hydrogen) atoms. The fourth-order valence-electron chi connectivity index (χ4n) is 3.80. The number of benzene rings is 1. The van der Waals surface area contributed by atoms with Crippen LogP contribution in [0.5, 0.6) is 5.75 Å². The standard InChI is InChI=1S/C24H24F3I3N2O5S/c1-13(2)8-9-16-17-19(33)32(10-5-11-36-21(34)23(28,29)30)22(35)31(3)20(17)38-18(16)14-6-4-7-15(12-14)37-24(25,26)27/h4,6-7,12-13H,5,8-11H2,1-3H3. The van der Waals surface area contributed by atoms with E-state index < -0.39 is 23.0 Å². The number of ether oxygens (including phenoxy) is 2. The van der Waals surface area contributed by atoms with Crippen molar-refractivity contribution in [2.75, 3.05) is 6.61 Å². The van der Waals surface area contributed by atoms with Crippen LogP contribution in [0.1, 0.15) is 32.3 Å². The molecule has 3 aromatic rings. The van der Waals surface area contributed by atoms with Crippen LogP contribution in [0, 0.1) is 5.92 Å². The zero-order valence-electron chi connectivity index (χ0n) is 20.5. The number of nitrogens with zero attached hydrogens (tertiary/aromatic N) is 2. The van der Waals surface area contributed by atoms with Gasteiger partial charge in [-0.15, -0.1) is 24.5 Å². The summed E-state index contributed by atoms with van der Waals surface area (Å²) >= 11 is 7.04. The van der Waals surface area contributed by atoms with E-state index >= 15 is 0 Å². The molecule has 0 bridgehead atoms. The van der Waals surface area contributed by atoms with Gasteiger partial charge in [-0.2, -0.15) is 0 Å². The Hall–Kier alpha value is -0.890. The molecule has 0 fully saturated rings. The van der Waals surface area contributed by atoms with Crippen LogP contribution in [0.3, 0.4) is 0 Å². The number of aromatic nitrogens is 2. The van der Waals surface area contributed by atoms with Crippen molar-refractivity contribution in [1.29, 1.82) is 0 Å². The van der Waals surface area contributed by atoms with E-state index in [1.165, 1.54) is 34.1 Å². The maximum Gasteiger partial charge on any atom is 0.573 e. The molecule has 2 heterocycles. The topological polar surface area (TPSA) is 79.5 Å². The van der Waals surface area contributed by atoms with Crippen LogP contribution in [-0.4, -0.2) is 27.5 Å². The second-order valence-electron chi connectivity index (χ2n) is 8.88. The number of fused-ring (bicyclic) bond motifs is 1. The minimum atomic E-state index is -4.84. The molecule has 1 aromatic carbocycles. The van der Waals surface area contributed by atoms with Crippen molar-refractivity contribution in [3.63, 3.8) is 0 Å². The number of carbonyl (C=O) groups excluding carboxylic acids is 1. The molecule has 0 spiro atoms. The second-order valence-corrected chi connectivity index (χ2v) is 20.9. The maximum atomic E-state index is 13.6. The molecule has 0 amide bonds. The Kier molecular flexibility index (Phi) is 10.6. The zero-order chi connectivity index (χ0) is 28.4. The number of halogens is 6. The largest absolute Gasteiger partial charge is 0.573 e. The lowest BCUT2D eigenvalue weighted by Crippen LogP contribution is -2.39. The van der Waals surface area contributed by atoms with Gasteiger partial charge in [-0.1, -0.05) is 26.0 Å². The molecule has 0 unspecified atom stereocenters. The summed E-state index contributed by atoms with van der Waals surface area (Å²) in [5.74, 6) is -0.468. The first kappa shape index (κ1) is 31.6. The molecule has 0 aliphatic heterocycles. The number of thiophene rings is 1. The van der Waals surface area contributed by atoms with E-state index in [2.05, 4.69) is 4.74 Å². The average molecular weight is 890 g/mol. The van der Waals surface area contributed by atoms with Crippen molar-refractivity contribution < 1.29 is 27.4 Å². The van der Waals surface area contributed by atoms with Crippen LogP contribution >= 0.6 is 79.1 Å². The van der Waals surface area contributed by atoms with E-state index in [9.17, 15) is 27.6 Å². The predicted octanol–water partition coefficient (Wildman–Crippen LogP) is 6.81. The first-order chi connectivity index (χ1) is 17.6. The fourth-order valence-corrected chi connectivity index (χ4v) is 5.56. The highest BCUT2D eigenvalue weighted by Crippen LogP contribution is 2.40. The monoisotopic (exact) mass is 890 g/mol. The van der Waals surface area contributed by atoms with Gasteiger partial charge in [-0.25, -0.2) is 9.59 Å². The smallest absolute Gasteiger partial charge is 0.463 e. The summed E-state index contributed by atoms with van der Waals surface area (Å²) in [6.07, 6.45) is -3.33. The quantitative estimate of drug-likeness (QED) is 0.0969. The molecule has 0 saturated carbocycles. The van der Waals surface area contributed by atoms with Crippen molar-refractivity contribution in [3.05, 3.63) is 50.7 Å². The third-order valence-electron chi connectivity index (χ3n) is 5.56. The van der Waals surface area contributed by atoms with Gasteiger partial charge in [0.2, 0.25) is -0.565 Å². The molecule has 0 radical (unpaired) electrons.